The van der Waals surface area contributed by atoms with Crippen LogP contribution >= 0.6 is 0 Å². The lowest BCUT2D eigenvalue weighted by atomic mass is 10.0. The molecule has 3 atom stereocenters. The first-order valence-electron chi connectivity index (χ1n) is 30.5. The van der Waals surface area contributed by atoms with E-state index in [1.807, 2.05) is 87.5 Å². The predicted octanol–water partition coefficient (Wildman–Crippen LogP) is 11.0. The number of carbonyl (C=O) groups is 1. The molecule has 0 aliphatic carbocycles. The van der Waals surface area contributed by atoms with Gasteiger partial charge in [0, 0.05) is 96.2 Å². The highest BCUT2D eigenvalue weighted by Gasteiger charge is 2.33. The summed E-state index contributed by atoms with van der Waals surface area (Å²) in [7, 11) is -1.48. The van der Waals surface area contributed by atoms with Crippen LogP contribution in [0.3, 0.4) is 0 Å². The van der Waals surface area contributed by atoms with Crippen LogP contribution in [0.25, 0.3) is 55.5 Å². The van der Waals surface area contributed by atoms with Gasteiger partial charge >= 0.3 is 0 Å². The molecule has 0 fully saturated rings. The summed E-state index contributed by atoms with van der Waals surface area (Å²) in [6.07, 6.45) is 7.97. The monoisotopic (exact) mass is 1280 g/mol. The van der Waals surface area contributed by atoms with Gasteiger partial charge in [0.25, 0.3) is 0 Å². The number of fused-ring (bicyclic) bond motifs is 9. The summed E-state index contributed by atoms with van der Waals surface area (Å²) in [6, 6.07) is 44.4. The molecule has 6 aromatic heterocycles. The standard InChI is InChI=1S/C24H23N7O.C23H20N8.C22H23N7O2S/c1-14-13-30(19-7-3-16(4-8-19)23(26)32)21-11-17(18-6-10-22(25)27-12-18)5-9-20(21)31-15(2)28-29-24(14)31;1-14-13-30(18-7-5-17(25-3)6-8-18)21-10-16(19-11-27-22(24)12-26-19)4-9-20(21)31-15(2)28-29-23(14)31;1-14-13-28(17-6-8-18(9-7-17)32(4,30)31)21-11-16(19-12-23-27(3)26-19)5-10-20(21)29-15(2)24-25-22(14)29/h3-12,14H,13H2,1-2H3,(H2,25,27)(H2,26,32);4-12,14H,13H2,1-2H3,(H2,24,27);5-12,14H,13H2,1-4H3. The normalized spacial score (nSPS) is 15.3. The fourth-order valence-electron chi connectivity index (χ4n) is 12.3. The molecule has 9 heterocycles. The van der Waals surface area contributed by atoms with Gasteiger partial charge in [-0.2, -0.15) is 15.0 Å². The molecule has 0 saturated heterocycles. The van der Waals surface area contributed by atoms with Crippen LogP contribution in [-0.2, 0) is 16.9 Å². The van der Waals surface area contributed by atoms with Gasteiger partial charge in [0.1, 0.15) is 52.3 Å². The molecule has 25 nitrogen and oxygen atoms in total. The number of primary amides is 1. The number of carbonyl (C=O) groups excluding carboxylic acids is 1. The Balaban J connectivity index is 0.000000129. The number of amides is 1. The van der Waals surface area contributed by atoms with Gasteiger partial charge in [-0.3, -0.25) is 23.5 Å². The zero-order valence-corrected chi connectivity index (χ0v) is 54.1. The number of hydrogen-bond acceptors (Lipinski definition) is 19. The van der Waals surface area contributed by atoms with Crippen LogP contribution in [0.2, 0.25) is 0 Å². The maximum atomic E-state index is 11.9. The Bertz CT molecular complexity index is 5040. The Morgan fingerprint density at radius 3 is 1.34 bits per heavy atom. The molecular weight excluding hydrogens is 1220 g/mol. The van der Waals surface area contributed by atoms with Gasteiger partial charge in [-0.25, -0.2) is 23.2 Å². The third-order valence-corrected chi connectivity index (χ3v) is 18.2. The summed E-state index contributed by atoms with van der Waals surface area (Å²) in [4.78, 5) is 36.5. The molecule has 95 heavy (non-hydrogen) atoms. The summed E-state index contributed by atoms with van der Waals surface area (Å²) in [6.45, 7) is 21.6. The quantitative estimate of drug-likeness (QED) is 0.119. The van der Waals surface area contributed by atoms with Crippen molar-refractivity contribution in [2.45, 2.75) is 64.2 Å². The van der Waals surface area contributed by atoms with Crippen molar-refractivity contribution in [2.24, 2.45) is 12.8 Å². The van der Waals surface area contributed by atoms with E-state index in [2.05, 4.69) is 152 Å². The number of aromatic nitrogens is 15. The van der Waals surface area contributed by atoms with E-state index in [0.717, 1.165) is 126 Å². The number of aryl methyl sites for hydroxylation is 4. The van der Waals surface area contributed by atoms with Gasteiger partial charge in [0.2, 0.25) is 5.91 Å². The van der Waals surface area contributed by atoms with Crippen molar-refractivity contribution in [1.82, 2.24) is 74.2 Å². The fraction of sp³-hybridized carbons (Fsp3) is 0.203. The maximum Gasteiger partial charge on any atom is 0.248 e. The molecule has 26 heteroatoms. The van der Waals surface area contributed by atoms with E-state index >= 15 is 0 Å². The lowest BCUT2D eigenvalue weighted by molar-refractivity contribution is 0.1000. The van der Waals surface area contributed by atoms with Crippen LogP contribution in [0.4, 0.5) is 51.4 Å². The number of nitrogens with two attached hydrogens (primary N) is 3. The second-order valence-corrected chi connectivity index (χ2v) is 25.8. The van der Waals surface area contributed by atoms with Gasteiger partial charge in [0.15, 0.2) is 15.5 Å². The van der Waals surface area contributed by atoms with E-state index in [9.17, 15) is 13.2 Å². The van der Waals surface area contributed by atoms with Gasteiger partial charge < -0.3 is 31.9 Å². The lowest BCUT2D eigenvalue weighted by Gasteiger charge is -2.27. The Morgan fingerprint density at radius 2 is 0.926 bits per heavy atom. The number of pyridine rings is 1. The second-order valence-electron chi connectivity index (χ2n) is 23.8. The Hall–Kier alpha value is -12.0. The van der Waals surface area contributed by atoms with E-state index in [1.165, 1.54) is 11.1 Å². The van der Waals surface area contributed by atoms with Gasteiger partial charge in [-0.15, -0.1) is 30.6 Å². The summed E-state index contributed by atoms with van der Waals surface area (Å²) in [5, 5.41) is 34.9. The average molecular weight is 1280 g/mol. The summed E-state index contributed by atoms with van der Waals surface area (Å²) < 4.78 is 30.2. The summed E-state index contributed by atoms with van der Waals surface area (Å²) >= 11 is 0. The van der Waals surface area contributed by atoms with Gasteiger partial charge in [-0.1, -0.05) is 51.1 Å². The zero-order chi connectivity index (χ0) is 66.6. The molecule has 3 aliphatic heterocycles. The third-order valence-electron chi connectivity index (χ3n) is 17.1. The minimum atomic E-state index is -3.27. The number of hydrogen-bond donors (Lipinski definition) is 3. The van der Waals surface area contributed by atoms with E-state index in [1.54, 1.807) is 62.2 Å². The topological polar surface area (TPSA) is 305 Å². The summed E-state index contributed by atoms with van der Waals surface area (Å²) in [5.41, 5.74) is 32.3. The Morgan fingerprint density at radius 1 is 0.495 bits per heavy atom. The molecule has 3 aliphatic rings. The molecule has 1 amide bonds. The van der Waals surface area contributed by atoms with Crippen molar-refractivity contribution in [3.05, 3.63) is 216 Å². The van der Waals surface area contributed by atoms with Crippen molar-refractivity contribution >= 4 is 67.2 Å². The number of sulfone groups is 1. The smallest absolute Gasteiger partial charge is 0.248 e. The van der Waals surface area contributed by atoms with E-state index < -0.39 is 15.7 Å². The molecule has 476 valence electrons. The predicted molar refractivity (Wildman–Crippen MR) is 365 cm³/mol. The highest BCUT2D eigenvalue weighted by molar-refractivity contribution is 7.90. The lowest BCUT2D eigenvalue weighted by Crippen LogP contribution is -2.22. The number of nitrogens with zero attached hydrogens (tertiary/aromatic N) is 19. The van der Waals surface area contributed by atoms with Crippen LogP contribution in [0, 0.1) is 27.3 Å². The Labute approximate surface area is 548 Å². The first kappa shape index (κ1) is 61.9. The van der Waals surface area contributed by atoms with Crippen LogP contribution in [0.5, 0.6) is 0 Å². The largest absolute Gasteiger partial charge is 0.384 e. The minimum Gasteiger partial charge on any atom is -0.384 e. The number of nitrogen functional groups attached to an aromatic ring is 2. The van der Waals surface area contributed by atoms with Crippen molar-refractivity contribution in [2.75, 3.05) is 52.1 Å². The molecule has 0 saturated carbocycles. The van der Waals surface area contributed by atoms with Crippen molar-refractivity contribution < 1.29 is 13.2 Å². The first-order chi connectivity index (χ1) is 45.7. The molecule has 15 rings (SSSR count). The molecule has 12 aromatic rings. The van der Waals surface area contributed by atoms with Crippen LogP contribution < -0.4 is 31.9 Å². The minimum absolute atomic E-state index is 0.0955. The van der Waals surface area contributed by atoms with Gasteiger partial charge in [0.05, 0.1) is 69.9 Å². The molecule has 0 spiro atoms. The highest BCUT2D eigenvalue weighted by Crippen LogP contribution is 2.44. The SMILES string of the molecule is Cc1nnc2n1-c1ccc(-c3ccc(N)nc3)cc1N(c1ccc(C(N)=O)cc1)CC2C.Cc1nnc2n1-c1ccc(-c3cnn(C)n3)cc1N(c1ccc(S(C)(=O)=O)cc1)CC2C.[C-]#[N+]c1ccc(N2CC(C)c3nnc(C)n3-c3ccc(-c4cnc(N)cn4)cc32)cc1. The maximum absolute atomic E-state index is 11.9. The van der Waals surface area contributed by atoms with Crippen LogP contribution in [0.1, 0.15) is 83.8 Å². The number of benzene rings is 6. The molecule has 6 N–H and O–H groups in total. The number of anilines is 8. The highest BCUT2D eigenvalue weighted by atomic mass is 32.2. The molecule has 0 bridgehead atoms. The van der Waals surface area contributed by atoms with E-state index in [4.69, 9.17) is 23.8 Å². The third kappa shape index (κ3) is 12.0. The Kier molecular flexibility index (Phi) is 16.2. The van der Waals surface area contributed by atoms with E-state index in [-0.39, 0.29) is 17.8 Å². The van der Waals surface area contributed by atoms with E-state index in [0.29, 0.717) is 40.9 Å². The fourth-order valence-corrected chi connectivity index (χ4v) is 12.9. The first-order valence-corrected chi connectivity index (χ1v) is 32.4. The van der Waals surface area contributed by atoms with Crippen LogP contribution in [-0.4, -0.2) is 114 Å². The van der Waals surface area contributed by atoms with Crippen molar-refractivity contribution in [1.29, 1.82) is 0 Å². The molecule has 3 unspecified atom stereocenters. The zero-order valence-electron chi connectivity index (χ0n) is 53.3. The van der Waals surface area contributed by atoms with Crippen LogP contribution in [0.15, 0.2) is 169 Å². The summed E-state index contributed by atoms with van der Waals surface area (Å²) in [5.74, 6) is 6.03. The molecular formula is C69H66N22O3S. The van der Waals surface area contributed by atoms with Crippen molar-refractivity contribution in [3.8, 4) is 50.7 Å². The molecule has 0 radical (unpaired) electrons. The average Bonchev–Trinajstić information content (AvgIpc) is 1.66. The molecule has 6 aromatic carbocycles. The second kappa shape index (κ2) is 24.9. The van der Waals surface area contributed by atoms with Crippen molar-refractivity contribution in [3.63, 3.8) is 0 Å². The van der Waals surface area contributed by atoms with Gasteiger partial charge in [-0.05, 0) is 136 Å². The number of rotatable bonds is 8.